The number of aromatic amines is 1. The third-order valence-corrected chi connectivity index (χ3v) is 6.68. The number of aromatic nitrogens is 4. The standard InChI is InChI=1S/C25H29N5OS/c1-4-30-22(14-8-11-19-15-26-21-13-6-5-12-20(19)21)28-29-25(30)32-16-23(31)27-24-17(2)9-7-10-18(24)3/h5-7,9-10,12-13,15,26H,4,8,11,14,16H2,1-3H3,(H,27,31). The molecule has 2 N–H and O–H groups in total. The molecule has 0 saturated heterocycles. The van der Waals surface area contributed by atoms with Crippen LogP contribution in [0.15, 0.2) is 53.8 Å². The predicted octanol–water partition coefficient (Wildman–Crippen LogP) is 5.30. The summed E-state index contributed by atoms with van der Waals surface area (Å²) >= 11 is 1.44. The first-order chi connectivity index (χ1) is 15.6. The molecule has 1 amide bonds. The zero-order valence-corrected chi connectivity index (χ0v) is 19.6. The van der Waals surface area contributed by atoms with E-state index in [4.69, 9.17) is 0 Å². The summed E-state index contributed by atoms with van der Waals surface area (Å²) in [6.45, 7) is 6.89. The van der Waals surface area contributed by atoms with Crippen LogP contribution in [0.4, 0.5) is 5.69 Å². The van der Waals surface area contributed by atoms with Crippen LogP contribution < -0.4 is 5.32 Å². The van der Waals surface area contributed by atoms with Crippen molar-refractivity contribution in [1.29, 1.82) is 0 Å². The molecule has 6 nitrogen and oxygen atoms in total. The largest absolute Gasteiger partial charge is 0.361 e. The first kappa shape index (κ1) is 22.1. The molecule has 0 bridgehead atoms. The van der Waals surface area contributed by atoms with E-state index in [-0.39, 0.29) is 5.91 Å². The van der Waals surface area contributed by atoms with Gasteiger partial charge in [-0.25, -0.2) is 0 Å². The van der Waals surface area contributed by atoms with E-state index in [1.165, 1.54) is 28.2 Å². The Morgan fingerprint density at radius 3 is 2.62 bits per heavy atom. The third-order valence-electron chi connectivity index (χ3n) is 5.71. The van der Waals surface area contributed by atoms with Gasteiger partial charge in [0, 0.05) is 35.8 Å². The van der Waals surface area contributed by atoms with Gasteiger partial charge in [-0.05, 0) is 56.4 Å². The van der Waals surface area contributed by atoms with E-state index < -0.39 is 0 Å². The van der Waals surface area contributed by atoms with Crippen LogP contribution in [0, 0.1) is 13.8 Å². The Hall–Kier alpha value is -3.06. The van der Waals surface area contributed by atoms with Gasteiger partial charge >= 0.3 is 0 Å². The Morgan fingerprint density at radius 1 is 1.06 bits per heavy atom. The number of hydrogen-bond acceptors (Lipinski definition) is 4. The van der Waals surface area contributed by atoms with Crippen molar-refractivity contribution < 1.29 is 4.79 Å². The van der Waals surface area contributed by atoms with E-state index in [1.807, 2.05) is 38.1 Å². The van der Waals surface area contributed by atoms with Gasteiger partial charge in [0.25, 0.3) is 0 Å². The molecule has 0 aliphatic rings. The molecule has 0 radical (unpaired) electrons. The van der Waals surface area contributed by atoms with Crippen LogP contribution in [0.25, 0.3) is 10.9 Å². The van der Waals surface area contributed by atoms with Crippen LogP contribution in [0.5, 0.6) is 0 Å². The van der Waals surface area contributed by atoms with Crippen LogP contribution in [0.3, 0.4) is 0 Å². The van der Waals surface area contributed by atoms with Gasteiger partial charge in [-0.15, -0.1) is 10.2 Å². The first-order valence-corrected chi connectivity index (χ1v) is 12.0. The minimum atomic E-state index is -0.0288. The number of hydrogen-bond donors (Lipinski definition) is 2. The van der Waals surface area contributed by atoms with Gasteiger partial charge in [0.15, 0.2) is 5.16 Å². The van der Waals surface area contributed by atoms with Crippen LogP contribution in [-0.2, 0) is 24.2 Å². The molecular weight excluding hydrogens is 418 g/mol. The summed E-state index contributed by atoms with van der Waals surface area (Å²) in [7, 11) is 0. The van der Waals surface area contributed by atoms with Gasteiger partial charge in [-0.3, -0.25) is 4.79 Å². The van der Waals surface area contributed by atoms with E-state index in [2.05, 4.69) is 56.4 Å². The number of anilines is 1. The van der Waals surface area contributed by atoms with Gasteiger partial charge in [0.05, 0.1) is 5.75 Å². The second kappa shape index (κ2) is 10.0. The van der Waals surface area contributed by atoms with Crippen LogP contribution >= 0.6 is 11.8 Å². The van der Waals surface area contributed by atoms with E-state index in [0.717, 1.165) is 53.6 Å². The van der Waals surface area contributed by atoms with Crippen LogP contribution in [-0.4, -0.2) is 31.4 Å². The number of H-pyrrole nitrogens is 1. The Morgan fingerprint density at radius 2 is 1.84 bits per heavy atom. The lowest BCUT2D eigenvalue weighted by Crippen LogP contribution is -2.16. The zero-order valence-electron chi connectivity index (χ0n) is 18.8. The molecule has 7 heteroatoms. The Bertz CT molecular complexity index is 1210. The molecule has 0 aliphatic carbocycles. The normalized spacial score (nSPS) is 11.2. The zero-order chi connectivity index (χ0) is 22.5. The monoisotopic (exact) mass is 447 g/mol. The molecule has 0 saturated carbocycles. The number of aryl methyl sites for hydroxylation is 4. The van der Waals surface area contributed by atoms with Crippen molar-refractivity contribution in [2.45, 2.75) is 51.7 Å². The lowest BCUT2D eigenvalue weighted by molar-refractivity contribution is -0.113. The van der Waals surface area contributed by atoms with Gasteiger partial charge in [-0.1, -0.05) is 48.2 Å². The van der Waals surface area contributed by atoms with Crippen molar-refractivity contribution in [1.82, 2.24) is 19.7 Å². The molecule has 2 aromatic carbocycles. The molecule has 0 fully saturated rings. The average Bonchev–Trinajstić information content (AvgIpc) is 3.39. The maximum absolute atomic E-state index is 12.5. The lowest BCUT2D eigenvalue weighted by atomic mass is 10.1. The second-order valence-corrected chi connectivity index (χ2v) is 8.90. The van der Waals surface area contributed by atoms with Crippen LogP contribution in [0.1, 0.15) is 35.9 Å². The predicted molar refractivity (Wildman–Crippen MR) is 131 cm³/mol. The van der Waals surface area contributed by atoms with E-state index in [0.29, 0.717) is 5.75 Å². The highest BCUT2D eigenvalue weighted by Crippen LogP contribution is 2.23. The Kier molecular flexibility index (Phi) is 6.95. The molecule has 4 rings (SSSR count). The van der Waals surface area contributed by atoms with E-state index >= 15 is 0 Å². The molecule has 4 aromatic rings. The summed E-state index contributed by atoms with van der Waals surface area (Å²) < 4.78 is 2.12. The van der Waals surface area contributed by atoms with Crippen molar-refractivity contribution in [2.24, 2.45) is 0 Å². The first-order valence-electron chi connectivity index (χ1n) is 11.0. The number of carbonyl (C=O) groups is 1. The highest BCUT2D eigenvalue weighted by molar-refractivity contribution is 7.99. The summed E-state index contributed by atoms with van der Waals surface area (Å²) in [5, 5.41) is 13.9. The maximum atomic E-state index is 12.5. The molecule has 0 atom stereocenters. The number of rotatable bonds is 9. The Labute approximate surface area is 192 Å². The number of amides is 1. The topological polar surface area (TPSA) is 75.6 Å². The van der Waals surface area contributed by atoms with Gasteiger partial charge in [-0.2, -0.15) is 0 Å². The summed E-state index contributed by atoms with van der Waals surface area (Å²) in [4.78, 5) is 15.9. The minimum absolute atomic E-state index is 0.0288. The minimum Gasteiger partial charge on any atom is -0.361 e. The fraction of sp³-hybridized carbons (Fsp3) is 0.320. The van der Waals surface area contributed by atoms with E-state index in [1.54, 1.807) is 0 Å². The quantitative estimate of drug-likeness (QED) is 0.341. The number of nitrogens with one attached hydrogen (secondary N) is 2. The molecule has 2 heterocycles. The summed E-state index contributed by atoms with van der Waals surface area (Å²) in [6, 6.07) is 14.4. The van der Waals surface area contributed by atoms with E-state index in [9.17, 15) is 4.79 Å². The number of benzene rings is 2. The third kappa shape index (κ3) is 4.88. The van der Waals surface area contributed by atoms with Crippen molar-refractivity contribution in [3.05, 3.63) is 71.2 Å². The Balaban J connectivity index is 1.34. The number of para-hydroxylation sites is 2. The fourth-order valence-electron chi connectivity index (χ4n) is 4.02. The van der Waals surface area contributed by atoms with Crippen molar-refractivity contribution in [3.63, 3.8) is 0 Å². The van der Waals surface area contributed by atoms with Crippen molar-refractivity contribution in [3.8, 4) is 0 Å². The molecule has 0 spiro atoms. The smallest absolute Gasteiger partial charge is 0.234 e. The van der Waals surface area contributed by atoms with Gasteiger partial charge < -0.3 is 14.9 Å². The van der Waals surface area contributed by atoms with Gasteiger partial charge in [0.1, 0.15) is 5.82 Å². The molecule has 32 heavy (non-hydrogen) atoms. The van der Waals surface area contributed by atoms with Crippen molar-refractivity contribution in [2.75, 3.05) is 11.1 Å². The second-order valence-electron chi connectivity index (χ2n) is 7.96. The fourth-order valence-corrected chi connectivity index (χ4v) is 4.84. The maximum Gasteiger partial charge on any atom is 0.234 e. The highest BCUT2D eigenvalue weighted by atomic mass is 32.2. The lowest BCUT2D eigenvalue weighted by Gasteiger charge is -2.11. The molecule has 0 aliphatic heterocycles. The van der Waals surface area contributed by atoms with Crippen molar-refractivity contribution >= 4 is 34.3 Å². The number of nitrogens with zero attached hydrogens (tertiary/aromatic N) is 3. The molecular formula is C25H29N5OS. The highest BCUT2D eigenvalue weighted by Gasteiger charge is 2.14. The molecule has 0 unspecified atom stereocenters. The number of thioether (sulfide) groups is 1. The number of carbonyl (C=O) groups excluding carboxylic acids is 1. The average molecular weight is 448 g/mol. The summed E-state index contributed by atoms with van der Waals surface area (Å²) in [6.07, 6.45) is 4.94. The number of fused-ring (bicyclic) bond motifs is 1. The molecule has 166 valence electrons. The van der Waals surface area contributed by atoms with Crippen LogP contribution in [0.2, 0.25) is 0 Å². The molecule has 2 aromatic heterocycles. The SMILES string of the molecule is CCn1c(CCCc2c[nH]c3ccccc23)nnc1SCC(=O)Nc1c(C)cccc1C. The summed E-state index contributed by atoms with van der Waals surface area (Å²) in [5.41, 5.74) is 5.54. The summed E-state index contributed by atoms with van der Waals surface area (Å²) in [5.74, 6) is 1.25. The van der Waals surface area contributed by atoms with Gasteiger partial charge in [0.2, 0.25) is 5.91 Å².